The third kappa shape index (κ3) is 2.96. The molecule has 0 aromatic carbocycles. The number of nitrogens with zero attached hydrogens (tertiary/aromatic N) is 1. The Kier molecular flexibility index (Phi) is 3.50. The Hall–Kier alpha value is -0.610. The van der Waals surface area contributed by atoms with E-state index in [-0.39, 0.29) is 17.6 Å². The zero-order valence-corrected chi connectivity index (χ0v) is 9.46. The summed E-state index contributed by atoms with van der Waals surface area (Å²) in [6.07, 6.45) is 0.468. The fourth-order valence-corrected chi connectivity index (χ4v) is 1.86. The SMILES string of the molecule is COC(=O)CC1CNC(C)(C)CN1C. The summed E-state index contributed by atoms with van der Waals surface area (Å²) in [6.45, 7) is 6.13. The van der Waals surface area contributed by atoms with Crippen molar-refractivity contribution >= 4 is 5.97 Å². The molecule has 0 aromatic rings. The molecule has 4 nitrogen and oxygen atoms in total. The first kappa shape index (κ1) is 11.5. The second kappa shape index (κ2) is 4.28. The molecule has 1 saturated heterocycles. The molecule has 1 fully saturated rings. The van der Waals surface area contributed by atoms with Crippen LogP contribution in [0.25, 0.3) is 0 Å². The Morgan fingerprint density at radius 3 is 2.79 bits per heavy atom. The monoisotopic (exact) mass is 200 g/mol. The van der Waals surface area contributed by atoms with E-state index >= 15 is 0 Å². The minimum absolute atomic E-state index is 0.136. The lowest BCUT2D eigenvalue weighted by Gasteiger charge is -2.42. The molecule has 0 aliphatic carbocycles. The summed E-state index contributed by atoms with van der Waals surface area (Å²) in [5.74, 6) is -0.136. The van der Waals surface area contributed by atoms with E-state index in [1.54, 1.807) is 0 Å². The van der Waals surface area contributed by atoms with Crippen molar-refractivity contribution in [1.29, 1.82) is 0 Å². The molecule has 14 heavy (non-hydrogen) atoms. The van der Waals surface area contributed by atoms with Gasteiger partial charge in [-0.15, -0.1) is 0 Å². The molecule has 1 heterocycles. The zero-order chi connectivity index (χ0) is 10.8. The molecule has 0 bridgehead atoms. The van der Waals surface area contributed by atoms with Crippen LogP contribution in [0.15, 0.2) is 0 Å². The highest BCUT2D eigenvalue weighted by Crippen LogP contribution is 2.15. The largest absolute Gasteiger partial charge is 0.469 e. The topological polar surface area (TPSA) is 41.6 Å². The van der Waals surface area contributed by atoms with Gasteiger partial charge in [-0.1, -0.05) is 0 Å². The van der Waals surface area contributed by atoms with E-state index in [2.05, 4.69) is 35.8 Å². The normalized spacial score (nSPS) is 27.3. The average Bonchev–Trinajstić information content (AvgIpc) is 2.09. The van der Waals surface area contributed by atoms with E-state index in [9.17, 15) is 4.79 Å². The molecule has 0 radical (unpaired) electrons. The zero-order valence-electron chi connectivity index (χ0n) is 9.46. The molecule has 1 N–H and O–H groups in total. The number of likely N-dealkylation sites (N-methyl/N-ethyl adjacent to an activating group) is 1. The maximum absolute atomic E-state index is 11.1. The number of hydrogen-bond acceptors (Lipinski definition) is 4. The molecule has 1 atom stereocenters. The number of carbonyl (C=O) groups excluding carboxylic acids is 1. The molecule has 4 heteroatoms. The van der Waals surface area contributed by atoms with Crippen LogP contribution in [0.4, 0.5) is 0 Å². The summed E-state index contributed by atoms with van der Waals surface area (Å²) in [5.41, 5.74) is 0.140. The Bertz CT molecular complexity index is 216. The van der Waals surface area contributed by atoms with Crippen LogP contribution >= 0.6 is 0 Å². The first-order valence-corrected chi connectivity index (χ1v) is 4.97. The second-order valence-corrected chi connectivity index (χ2v) is 4.61. The van der Waals surface area contributed by atoms with E-state index in [1.165, 1.54) is 7.11 Å². The van der Waals surface area contributed by atoms with Gasteiger partial charge in [0.1, 0.15) is 0 Å². The molecule has 1 unspecified atom stereocenters. The minimum atomic E-state index is -0.136. The number of methoxy groups -OCH3 is 1. The molecule has 0 amide bonds. The lowest BCUT2D eigenvalue weighted by atomic mass is 9.98. The van der Waals surface area contributed by atoms with Crippen molar-refractivity contribution in [2.24, 2.45) is 0 Å². The number of esters is 1. The highest BCUT2D eigenvalue weighted by molar-refractivity contribution is 5.69. The summed E-state index contributed by atoms with van der Waals surface area (Å²) in [4.78, 5) is 13.3. The Morgan fingerprint density at radius 2 is 2.29 bits per heavy atom. The van der Waals surface area contributed by atoms with Gasteiger partial charge in [0.05, 0.1) is 13.5 Å². The molecule has 0 aromatic heterocycles. The number of piperazine rings is 1. The van der Waals surface area contributed by atoms with Gasteiger partial charge in [0, 0.05) is 24.7 Å². The third-order valence-electron chi connectivity index (χ3n) is 2.71. The molecule has 1 aliphatic heterocycles. The molecule has 0 saturated carbocycles. The summed E-state index contributed by atoms with van der Waals surface area (Å²) < 4.78 is 4.66. The number of nitrogens with one attached hydrogen (secondary N) is 1. The van der Waals surface area contributed by atoms with Crippen LogP contribution in [0.2, 0.25) is 0 Å². The van der Waals surface area contributed by atoms with Crippen LogP contribution in [-0.4, -0.2) is 49.7 Å². The lowest BCUT2D eigenvalue weighted by Crippen LogP contribution is -2.60. The van der Waals surface area contributed by atoms with E-state index in [4.69, 9.17) is 0 Å². The Morgan fingerprint density at radius 1 is 1.64 bits per heavy atom. The number of ether oxygens (including phenoxy) is 1. The van der Waals surface area contributed by atoms with Crippen LogP contribution in [0.5, 0.6) is 0 Å². The second-order valence-electron chi connectivity index (χ2n) is 4.61. The Labute approximate surface area is 85.6 Å². The maximum Gasteiger partial charge on any atom is 0.307 e. The standard InChI is InChI=1S/C10H20N2O2/c1-10(2)7-12(3)8(6-11-10)5-9(13)14-4/h8,11H,5-7H2,1-4H3. The summed E-state index contributed by atoms with van der Waals surface area (Å²) in [7, 11) is 3.48. The van der Waals surface area contributed by atoms with Crippen LogP contribution in [-0.2, 0) is 9.53 Å². The molecule has 82 valence electrons. The highest BCUT2D eigenvalue weighted by Gasteiger charge is 2.31. The van der Waals surface area contributed by atoms with Crippen LogP contribution < -0.4 is 5.32 Å². The highest BCUT2D eigenvalue weighted by atomic mass is 16.5. The molecule has 1 aliphatic rings. The van der Waals surface area contributed by atoms with Crippen molar-refractivity contribution in [3.05, 3.63) is 0 Å². The summed E-state index contributed by atoms with van der Waals surface area (Å²) >= 11 is 0. The van der Waals surface area contributed by atoms with E-state index in [1.807, 2.05) is 0 Å². The van der Waals surface area contributed by atoms with Crippen LogP contribution in [0.3, 0.4) is 0 Å². The van der Waals surface area contributed by atoms with Crippen molar-refractivity contribution < 1.29 is 9.53 Å². The van der Waals surface area contributed by atoms with Gasteiger partial charge in [-0.25, -0.2) is 0 Å². The first-order chi connectivity index (χ1) is 6.44. The first-order valence-electron chi connectivity index (χ1n) is 4.97. The number of hydrogen-bond donors (Lipinski definition) is 1. The summed E-state index contributed by atoms with van der Waals surface area (Å²) in [5, 5.41) is 3.42. The van der Waals surface area contributed by atoms with Gasteiger partial charge in [-0.2, -0.15) is 0 Å². The van der Waals surface area contributed by atoms with Crippen LogP contribution in [0, 0.1) is 0 Å². The molecule has 1 rings (SSSR count). The Balaban J connectivity index is 2.46. The predicted octanol–water partition coefficient (Wildman–Crippen LogP) is 0.232. The van der Waals surface area contributed by atoms with Gasteiger partial charge in [-0.3, -0.25) is 9.69 Å². The molecular weight excluding hydrogens is 180 g/mol. The van der Waals surface area contributed by atoms with Gasteiger partial charge in [-0.05, 0) is 20.9 Å². The predicted molar refractivity (Wildman–Crippen MR) is 55.1 cm³/mol. The van der Waals surface area contributed by atoms with Gasteiger partial charge in [0.2, 0.25) is 0 Å². The van der Waals surface area contributed by atoms with E-state index in [0.29, 0.717) is 6.42 Å². The van der Waals surface area contributed by atoms with Crippen LogP contribution in [0.1, 0.15) is 20.3 Å². The van der Waals surface area contributed by atoms with Crippen molar-refractivity contribution in [1.82, 2.24) is 10.2 Å². The van der Waals surface area contributed by atoms with E-state index < -0.39 is 0 Å². The summed E-state index contributed by atoms with van der Waals surface area (Å²) in [6, 6.07) is 0.260. The van der Waals surface area contributed by atoms with Crippen molar-refractivity contribution in [3.8, 4) is 0 Å². The quantitative estimate of drug-likeness (QED) is 0.648. The van der Waals surface area contributed by atoms with Crippen molar-refractivity contribution in [2.45, 2.75) is 31.8 Å². The molecular formula is C10H20N2O2. The average molecular weight is 200 g/mol. The van der Waals surface area contributed by atoms with E-state index in [0.717, 1.165) is 13.1 Å². The lowest BCUT2D eigenvalue weighted by molar-refractivity contribution is -0.142. The third-order valence-corrected chi connectivity index (χ3v) is 2.71. The van der Waals surface area contributed by atoms with Gasteiger partial charge in [0.15, 0.2) is 0 Å². The fourth-order valence-electron chi connectivity index (χ4n) is 1.86. The van der Waals surface area contributed by atoms with Gasteiger partial charge >= 0.3 is 5.97 Å². The molecule has 0 spiro atoms. The van der Waals surface area contributed by atoms with Gasteiger partial charge in [0.25, 0.3) is 0 Å². The number of carbonyl (C=O) groups is 1. The minimum Gasteiger partial charge on any atom is -0.469 e. The van der Waals surface area contributed by atoms with Gasteiger partial charge < -0.3 is 10.1 Å². The maximum atomic E-state index is 11.1. The number of rotatable bonds is 2. The fraction of sp³-hybridized carbons (Fsp3) is 0.900. The van der Waals surface area contributed by atoms with Crippen molar-refractivity contribution in [2.75, 3.05) is 27.2 Å². The smallest absolute Gasteiger partial charge is 0.307 e. The van der Waals surface area contributed by atoms with Crippen molar-refractivity contribution in [3.63, 3.8) is 0 Å².